The normalized spacial score (nSPS) is 17.5. The molecular weight excluding hydrogens is 348 g/mol. The monoisotopic (exact) mass is 366 g/mol. The number of carbonyl (C=O) groups excluding carboxylic acids is 1. The zero-order chi connectivity index (χ0) is 18.1. The van der Waals surface area contributed by atoms with Crippen LogP contribution in [0, 0.1) is 0 Å². The molecule has 1 aliphatic heterocycles. The van der Waals surface area contributed by atoms with Crippen LogP contribution in [0.15, 0.2) is 54.6 Å². The van der Waals surface area contributed by atoms with Gasteiger partial charge in [0.25, 0.3) is 5.91 Å². The van der Waals surface area contributed by atoms with Crippen LogP contribution in [0.25, 0.3) is 10.8 Å². The second-order valence-electron chi connectivity index (χ2n) is 6.52. The predicted molar refractivity (Wildman–Crippen MR) is 104 cm³/mol. The minimum Gasteiger partial charge on any atom is -0.348 e. The largest absolute Gasteiger partial charge is 0.348 e. The van der Waals surface area contributed by atoms with E-state index in [1.807, 2.05) is 59.5 Å². The van der Waals surface area contributed by atoms with Crippen molar-refractivity contribution in [1.29, 1.82) is 0 Å². The Hall–Kier alpha value is -2.66. The van der Waals surface area contributed by atoms with Crippen molar-refractivity contribution in [1.82, 2.24) is 15.1 Å². The van der Waals surface area contributed by atoms with Gasteiger partial charge in [0.2, 0.25) is 0 Å². The first-order valence-corrected chi connectivity index (χ1v) is 9.05. The topological polar surface area (TPSA) is 49.3 Å². The minimum atomic E-state index is 0.0733. The lowest BCUT2D eigenvalue weighted by Crippen LogP contribution is -2.54. The maximum atomic E-state index is 12.7. The van der Waals surface area contributed by atoms with Crippen molar-refractivity contribution in [3.8, 4) is 0 Å². The fourth-order valence-corrected chi connectivity index (χ4v) is 3.69. The smallest absolute Gasteiger partial charge is 0.253 e. The second-order valence-corrected chi connectivity index (χ2v) is 6.88. The van der Waals surface area contributed by atoms with Gasteiger partial charge in [-0.25, -0.2) is 0 Å². The number of benzene rings is 2. The second kappa shape index (κ2) is 6.92. The Morgan fingerprint density at radius 1 is 1.00 bits per heavy atom. The summed E-state index contributed by atoms with van der Waals surface area (Å²) < 4.78 is 0. The molecule has 6 heteroatoms. The zero-order valence-electron chi connectivity index (χ0n) is 14.5. The van der Waals surface area contributed by atoms with Gasteiger partial charge >= 0.3 is 0 Å². The fraction of sp³-hybridized carbons (Fsp3) is 0.250. The van der Waals surface area contributed by atoms with Gasteiger partial charge in [-0.15, -0.1) is 10.2 Å². The van der Waals surface area contributed by atoms with Crippen LogP contribution in [-0.4, -0.2) is 46.7 Å². The van der Waals surface area contributed by atoms with Crippen molar-refractivity contribution in [2.45, 2.75) is 13.0 Å². The number of amides is 1. The Morgan fingerprint density at radius 2 is 1.69 bits per heavy atom. The molecular formula is C20H19ClN4O. The predicted octanol–water partition coefficient (Wildman–Crippen LogP) is 3.63. The lowest BCUT2D eigenvalue weighted by molar-refractivity contribution is 0.0726. The van der Waals surface area contributed by atoms with Crippen LogP contribution in [0.5, 0.6) is 0 Å². The molecule has 0 N–H and O–H groups in total. The molecule has 1 fully saturated rings. The van der Waals surface area contributed by atoms with E-state index < -0.39 is 0 Å². The fourth-order valence-electron chi connectivity index (χ4n) is 3.49. The van der Waals surface area contributed by atoms with Crippen LogP contribution in [0.3, 0.4) is 0 Å². The third-order valence-electron chi connectivity index (χ3n) is 4.83. The molecule has 2 aromatic carbocycles. The van der Waals surface area contributed by atoms with Crippen LogP contribution in [0.2, 0.25) is 5.15 Å². The van der Waals surface area contributed by atoms with Gasteiger partial charge in [0.15, 0.2) is 11.0 Å². The van der Waals surface area contributed by atoms with Gasteiger partial charge in [-0.3, -0.25) is 4.79 Å². The molecule has 4 rings (SSSR count). The summed E-state index contributed by atoms with van der Waals surface area (Å²) in [4.78, 5) is 16.8. The Balaban J connectivity index is 1.59. The molecule has 2 heterocycles. The van der Waals surface area contributed by atoms with E-state index in [0.717, 1.165) is 22.2 Å². The average Bonchev–Trinajstić information content (AvgIpc) is 2.69. The van der Waals surface area contributed by atoms with Crippen LogP contribution < -0.4 is 4.90 Å². The van der Waals surface area contributed by atoms with Crippen molar-refractivity contribution in [2.24, 2.45) is 0 Å². The maximum Gasteiger partial charge on any atom is 0.253 e. The van der Waals surface area contributed by atoms with Gasteiger partial charge < -0.3 is 9.80 Å². The number of aromatic nitrogens is 2. The first kappa shape index (κ1) is 16.8. The van der Waals surface area contributed by atoms with Gasteiger partial charge in [0, 0.05) is 42.0 Å². The quantitative estimate of drug-likeness (QED) is 0.694. The van der Waals surface area contributed by atoms with Gasteiger partial charge in [-0.1, -0.05) is 54.1 Å². The van der Waals surface area contributed by atoms with Crippen molar-refractivity contribution in [2.75, 3.05) is 24.5 Å². The van der Waals surface area contributed by atoms with E-state index in [1.165, 1.54) is 0 Å². The first-order chi connectivity index (χ1) is 12.6. The number of carbonyl (C=O) groups is 1. The number of fused-ring (bicyclic) bond motifs is 1. The van der Waals surface area contributed by atoms with E-state index in [0.29, 0.717) is 24.8 Å². The summed E-state index contributed by atoms with van der Waals surface area (Å²) in [6.07, 6.45) is 0. The highest BCUT2D eigenvalue weighted by molar-refractivity contribution is 6.34. The van der Waals surface area contributed by atoms with Gasteiger partial charge in [-0.2, -0.15) is 0 Å². The lowest BCUT2D eigenvalue weighted by atomic mass is 10.1. The van der Waals surface area contributed by atoms with Crippen molar-refractivity contribution in [3.05, 3.63) is 65.3 Å². The number of rotatable bonds is 2. The molecule has 26 heavy (non-hydrogen) atoms. The standard InChI is InChI=1S/C20H19ClN4O/c1-14-13-24(20(26)15-7-3-2-4-8-15)11-12-25(14)19-17-10-6-5-9-16(17)18(21)22-23-19/h2-10,14H,11-13H2,1H3/t14-/m1/s1. The molecule has 0 saturated carbocycles. The third-order valence-corrected chi connectivity index (χ3v) is 5.11. The summed E-state index contributed by atoms with van der Waals surface area (Å²) in [6.45, 7) is 4.11. The number of anilines is 1. The molecule has 0 radical (unpaired) electrons. The van der Waals surface area contributed by atoms with Crippen LogP contribution in [-0.2, 0) is 0 Å². The number of hydrogen-bond acceptors (Lipinski definition) is 4. The van der Waals surface area contributed by atoms with Crippen LogP contribution >= 0.6 is 11.6 Å². The summed E-state index contributed by atoms with van der Waals surface area (Å²) in [5.41, 5.74) is 0.727. The molecule has 132 valence electrons. The molecule has 1 saturated heterocycles. The number of piperazine rings is 1. The highest BCUT2D eigenvalue weighted by Crippen LogP contribution is 2.30. The van der Waals surface area contributed by atoms with Crippen molar-refractivity contribution >= 4 is 34.1 Å². The molecule has 0 unspecified atom stereocenters. The Bertz CT molecular complexity index is 947. The highest BCUT2D eigenvalue weighted by Gasteiger charge is 2.29. The van der Waals surface area contributed by atoms with E-state index in [1.54, 1.807) is 0 Å². The highest BCUT2D eigenvalue weighted by atomic mass is 35.5. The Kier molecular flexibility index (Phi) is 4.47. The van der Waals surface area contributed by atoms with Crippen LogP contribution in [0.4, 0.5) is 5.82 Å². The zero-order valence-corrected chi connectivity index (χ0v) is 15.2. The summed E-state index contributed by atoms with van der Waals surface area (Å²) in [6, 6.07) is 17.4. The lowest BCUT2D eigenvalue weighted by Gasteiger charge is -2.40. The molecule has 3 aromatic rings. The molecule has 1 aromatic heterocycles. The summed E-state index contributed by atoms with van der Waals surface area (Å²) in [5, 5.41) is 10.8. The van der Waals surface area contributed by atoms with Gasteiger partial charge in [0.1, 0.15) is 0 Å². The van der Waals surface area contributed by atoms with E-state index in [-0.39, 0.29) is 11.9 Å². The van der Waals surface area contributed by atoms with E-state index in [2.05, 4.69) is 22.0 Å². The van der Waals surface area contributed by atoms with Crippen molar-refractivity contribution < 1.29 is 4.79 Å². The Morgan fingerprint density at radius 3 is 2.42 bits per heavy atom. The summed E-state index contributed by atoms with van der Waals surface area (Å²) in [7, 11) is 0. The maximum absolute atomic E-state index is 12.7. The molecule has 0 spiro atoms. The van der Waals surface area contributed by atoms with E-state index in [9.17, 15) is 4.79 Å². The third kappa shape index (κ3) is 2.99. The molecule has 0 bridgehead atoms. The molecule has 1 atom stereocenters. The molecule has 5 nitrogen and oxygen atoms in total. The van der Waals surface area contributed by atoms with E-state index in [4.69, 9.17) is 11.6 Å². The van der Waals surface area contributed by atoms with E-state index >= 15 is 0 Å². The first-order valence-electron chi connectivity index (χ1n) is 8.67. The summed E-state index contributed by atoms with van der Waals surface area (Å²) in [5.74, 6) is 0.897. The summed E-state index contributed by atoms with van der Waals surface area (Å²) >= 11 is 6.19. The minimum absolute atomic E-state index is 0.0733. The number of nitrogens with zero attached hydrogens (tertiary/aromatic N) is 4. The molecule has 0 aliphatic carbocycles. The van der Waals surface area contributed by atoms with Crippen LogP contribution in [0.1, 0.15) is 17.3 Å². The van der Waals surface area contributed by atoms with Crippen molar-refractivity contribution in [3.63, 3.8) is 0 Å². The van der Waals surface area contributed by atoms with Gasteiger partial charge in [0.05, 0.1) is 0 Å². The molecule has 1 amide bonds. The Labute approximate surface area is 157 Å². The SMILES string of the molecule is C[C@@H]1CN(C(=O)c2ccccc2)CCN1c1nnc(Cl)c2ccccc12. The average molecular weight is 367 g/mol. The molecule has 1 aliphatic rings. The number of halogens is 1. The van der Waals surface area contributed by atoms with Gasteiger partial charge in [-0.05, 0) is 19.1 Å². The number of hydrogen-bond donors (Lipinski definition) is 0.